The molecule has 1 aliphatic rings. The van der Waals surface area contributed by atoms with Crippen LogP contribution in [0.4, 0.5) is 4.79 Å². The van der Waals surface area contributed by atoms with Gasteiger partial charge in [-0.05, 0) is 37.9 Å². The van der Waals surface area contributed by atoms with E-state index in [0.717, 1.165) is 6.04 Å². The summed E-state index contributed by atoms with van der Waals surface area (Å²) in [5.41, 5.74) is 1.95. The minimum absolute atomic E-state index is 0.0627. The second-order valence-electron chi connectivity index (χ2n) is 5.53. The fraction of sp³-hybridized carbons (Fsp3) is 0.500. The van der Waals surface area contributed by atoms with Crippen molar-refractivity contribution in [3.63, 3.8) is 0 Å². The summed E-state index contributed by atoms with van der Waals surface area (Å²) in [6.07, 6.45) is -0.248. The Hall–Kier alpha value is -1.29. The minimum atomic E-state index is -0.456. The van der Waals surface area contributed by atoms with Crippen molar-refractivity contribution < 1.29 is 9.53 Å². The molecule has 95 valence electrons. The second kappa shape index (κ2) is 4.76. The first-order chi connectivity index (χ1) is 8.42. The van der Waals surface area contributed by atoms with Crippen molar-refractivity contribution in [3.05, 3.63) is 35.4 Å². The van der Waals surface area contributed by atoms with Crippen molar-refractivity contribution in [1.82, 2.24) is 4.90 Å². The van der Waals surface area contributed by atoms with Crippen molar-refractivity contribution in [1.29, 1.82) is 0 Å². The van der Waals surface area contributed by atoms with Crippen LogP contribution in [0.2, 0.25) is 6.04 Å². The first-order valence-corrected chi connectivity index (χ1v) is 6.85. The first-order valence-electron chi connectivity index (χ1n) is 6.14. The number of fused-ring (bicyclic) bond motifs is 1. The van der Waals surface area contributed by atoms with Crippen molar-refractivity contribution in [2.24, 2.45) is 0 Å². The summed E-state index contributed by atoms with van der Waals surface area (Å²) in [4.78, 5) is 14.0. The summed E-state index contributed by atoms with van der Waals surface area (Å²) in [5, 5.41) is 0. The standard InChI is InChI=1S/C14H18NO2Si/c1-14(2,3)17-13(16)15-8-10-6-4-5-7-11(10)12(15)9-18/h4-7,12H,8-9H2,1-3H3. The quantitative estimate of drug-likeness (QED) is 0.726. The Morgan fingerprint density at radius 3 is 2.72 bits per heavy atom. The van der Waals surface area contributed by atoms with Crippen LogP contribution in [0, 0.1) is 0 Å². The molecular weight excluding hydrogens is 242 g/mol. The third kappa shape index (κ3) is 2.58. The van der Waals surface area contributed by atoms with Crippen molar-refractivity contribution >= 4 is 16.3 Å². The Morgan fingerprint density at radius 2 is 2.11 bits per heavy atom. The number of hydrogen-bond donors (Lipinski definition) is 0. The summed E-state index contributed by atoms with van der Waals surface area (Å²) in [7, 11) is 3.54. The van der Waals surface area contributed by atoms with Gasteiger partial charge < -0.3 is 4.74 Å². The molecule has 1 aromatic carbocycles. The molecule has 1 unspecified atom stereocenters. The number of benzene rings is 1. The van der Waals surface area contributed by atoms with Crippen LogP contribution in [0.3, 0.4) is 0 Å². The van der Waals surface area contributed by atoms with E-state index in [2.05, 4.69) is 22.4 Å². The van der Waals surface area contributed by atoms with Crippen LogP contribution < -0.4 is 0 Å². The van der Waals surface area contributed by atoms with Gasteiger partial charge in [-0.2, -0.15) is 0 Å². The van der Waals surface area contributed by atoms with E-state index >= 15 is 0 Å². The maximum atomic E-state index is 12.2. The Bertz CT molecular complexity index is 453. The summed E-state index contributed by atoms with van der Waals surface area (Å²) < 4.78 is 5.45. The molecule has 0 saturated carbocycles. The molecule has 0 aliphatic carbocycles. The Morgan fingerprint density at radius 1 is 1.44 bits per heavy atom. The van der Waals surface area contributed by atoms with Crippen LogP contribution in [0.5, 0.6) is 0 Å². The van der Waals surface area contributed by atoms with Crippen LogP contribution in [0.15, 0.2) is 24.3 Å². The molecule has 0 spiro atoms. The highest BCUT2D eigenvalue weighted by Crippen LogP contribution is 2.36. The van der Waals surface area contributed by atoms with Crippen molar-refractivity contribution in [3.8, 4) is 0 Å². The summed E-state index contributed by atoms with van der Waals surface area (Å²) in [5.74, 6) is 0. The number of hydrogen-bond acceptors (Lipinski definition) is 2. The highest BCUT2D eigenvalue weighted by atomic mass is 28.1. The highest BCUT2D eigenvalue weighted by molar-refractivity contribution is 6.09. The summed E-state index contributed by atoms with van der Waals surface area (Å²) >= 11 is 0. The lowest BCUT2D eigenvalue weighted by Crippen LogP contribution is -2.35. The predicted octanol–water partition coefficient (Wildman–Crippen LogP) is 3.07. The maximum Gasteiger partial charge on any atom is 0.411 e. The van der Waals surface area contributed by atoms with Crippen LogP contribution in [0.25, 0.3) is 0 Å². The molecule has 1 heterocycles. The zero-order valence-electron chi connectivity index (χ0n) is 11.1. The molecule has 1 aliphatic heterocycles. The monoisotopic (exact) mass is 260 g/mol. The lowest BCUT2D eigenvalue weighted by Gasteiger charge is -2.28. The smallest absolute Gasteiger partial charge is 0.411 e. The van der Waals surface area contributed by atoms with E-state index in [4.69, 9.17) is 4.74 Å². The summed E-state index contributed by atoms with van der Waals surface area (Å²) in [6, 6.07) is 8.93. The predicted molar refractivity (Wildman–Crippen MR) is 71.5 cm³/mol. The fourth-order valence-electron chi connectivity index (χ4n) is 2.20. The molecule has 0 saturated heterocycles. The Balaban J connectivity index is 2.20. The van der Waals surface area contributed by atoms with Gasteiger partial charge in [-0.1, -0.05) is 24.3 Å². The van der Waals surface area contributed by atoms with Gasteiger partial charge in [-0.15, -0.1) is 0 Å². The lowest BCUT2D eigenvalue weighted by atomic mass is 10.1. The van der Waals surface area contributed by atoms with E-state index in [1.54, 1.807) is 4.90 Å². The minimum Gasteiger partial charge on any atom is -0.444 e. The van der Waals surface area contributed by atoms with Crippen molar-refractivity contribution in [2.45, 2.75) is 45.0 Å². The van der Waals surface area contributed by atoms with Gasteiger partial charge in [0.1, 0.15) is 5.60 Å². The Kier molecular flexibility index (Phi) is 3.48. The van der Waals surface area contributed by atoms with Crippen molar-refractivity contribution in [2.75, 3.05) is 0 Å². The zero-order chi connectivity index (χ0) is 13.3. The second-order valence-corrected chi connectivity index (χ2v) is 5.94. The zero-order valence-corrected chi connectivity index (χ0v) is 12.1. The van der Waals surface area contributed by atoms with E-state index in [1.807, 2.05) is 32.9 Å². The number of ether oxygens (including phenoxy) is 1. The maximum absolute atomic E-state index is 12.2. The van der Waals surface area contributed by atoms with E-state index in [9.17, 15) is 4.79 Å². The van der Waals surface area contributed by atoms with Crippen LogP contribution >= 0.6 is 0 Å². The average molecular weight is 260 g/mol. The topological polar surface area (TPSA) is 29.5 Å². The normalized spacial score (nSPS) is 18.7. The molecule has 3 nitrogen and oxygen atoms in total. The highest BCUT2D eigenvalue weighted by Gasteiger charge is 2.34. The molecule has 18 heavy (non-hydrogen) atoms. The number of nitrogens with zero attached hydrogens (tertiary/aromatic N) is 1. The van der Waals surface area contributed by atoms with Gasteiger partial charge in [-0.3, -0.25) is 4.90 Å². The number of carbonyl (C=O) groups is 1. The largest absolute Gasteiger partial charge is 0.444 e. The van der Waals surface area contributed by atoms with E-state index in [0.29, 0.717) is 6.54 Å². The molecular formula is C14H18NO2Si. The van der Waals surface area contributed by atoms with Crippen LogP contribution in [-0.4, -0.2) is 26.8 Å². The van der Waals surface area contributed by atoms with Gasteiger partial charge in [0.05, 0.1) is 6.04 Å². The molecule has 1 amide bonds. The molecule has 0 aromatic heterocycles. The van der Waals surface area contributed by atoms with E-state index < -0.39 is 5.60 Å². The number of amides is 1. The molecule has 0 bridgehead atoms. The number of rotatable bonds is 1. The van der Waals surface area contributed by atoms with Gasteiger partial charge in [0, 0.05) is 16.8 Å². The van der Waals surface area contributed by atoms with Crippen LogP contribution in [-0.2, 0) is 11.3 Å². The molecule has 1 atom stereocenters. The number of carbonyl (C=O) groups excluding carboxylic acids is 1. The Labute approximate surface area is 112 Å². The molecule has 0 fully saturated rings. The SMILES string of the molecule is CC(C)(C)OC(=O)N1Cc2ccccc2C1C[Si]. The molecule has 1 aromatic rings. The van der Waals surface area contributed by atoms with E-state index in [1.165, 1.54) is 11.1 Å². The van der Waals surface area contributed by atoms with Gasteiger partial charge in [0.15, 0.2) is 0 Å². The van der Waals surface area contributed by atoms with Gasteiger partial charge in [0.2, 0.25) is 0 Å². The summed E-state index contributed by atoms with van der Waals surface area (Å²) in [6.45, 7) is 6.28. The molecule has 2 rings (SSSR count). The molecule has 4 heteroatoms. The van der Waals surface area contributed by atoms with E-state index in [-0.39, 0.29) is 12.1 Å². The lowest BCUT2D eigenvalue weighted by molar-refractivity contribution is 0.0188. The third-order valence-electron chi connectivity index (χ3n) is 2.95. The van der Waals surface area contributed by atoms with Crippen LogP contribution in [0.1, 0.15) is 37.9 Å². The average Bonchev–Trinajstić information content (AvgIpc) is 2.65. The third-order valence-corrected chi connectivity index (χ3v) is 3.34. The molecule has 3 radical (unpaired) electrons. The molecule has 0 N–H and O–H groups in total. The fourth-order valence-corrected chi connectivity index (χ4v) is 2.64. The van der Waals surface area contributed by atoms with Gasteiger partial charge >= 0.3 is 6.09 Å². The van der Waals surface area contributed by atoms with Gasteiger partial charge in [-0.25, -0.2) is 4.79 Å². The van der Waals surface area contributed by atoms with Gasteiger partial charge in [0.25, 0.3) is 0 Å². The first kappa shape index (κ1) is 13.1.